The molecule has 2 heterocycles. The molecular weight excluding hydrogens is 403 g/mol. The molecule has 0 unspecified atom stereocenters. The number of nitrogens with zero attached hydrogens (tertiary/aromatic N) is 3. The Morgan fingerprint density at radius 1 is 1.29 bits per heavy atom. The van der Waals surface area contributed by atoms with E-state index in [1.807, 2.05) is 4.90 Å². The number of nitrogens with two attached hydrogens (primary N) is 1. The highest BCUT2D eigenvalue weighted by atomic mass is 19.1. The number of halogens is 1. The van der Waals surface area contributed by atoms with Crippen molar-refractivity contribution in [2.45, 2.75) is 37.8 Å². The van der Waals surface area contributed by atoms with E-state index in [1.165, 1.54) is 17.8 Å². The van der Waals surface area contributed by atoms with Crippen molar-refractivity contribution >= 4 is 22.4 Å². The standard InChI is InChI=1S/C22H23FN4O4/c23-20-18(25-8-12-2-1-3-17(24)15(12)9-25)7-6-14-21(20)26(13-4-5-13)10-16(22(14)29)19(28)11-27(30)31/h2,6-7,10,13,15,17H,1,3-5,8-9,11,24H2/t15-,17+/m1/s1. The minimum atomic E-state index is -0.962. The summed E-state index contributed by atoms with van der Waals surface area (Å²) in [4.78, 5) is 37.2. The van der Waals surface area contributed by atoms with Crippen molar-refractivity contribution < 1.29 is 14.1 Å². The summed E-state index contributed by atoms with van der Waals surface area (Å²) in [5.74, 6) is -1.15. The fraction of sp³-hybridized carbons (Fsp3) is 0.455. The Balaban J connectivity index is 1.62. The van der Waals surface area contributed by atoms with E-state index in [0.29, 0.717) is 18.8 Å². The predicted molar refractivity (Wildman–Crippen MR) is 114 cm³/mol. The average Bonchev–Trinajstić information content (AvgIpc) is 3.47. The van der Waals surface area contributed by atoms with E-state index in [2.05, 4.69) is 6.08 Å². The van der Waals surface area contributed by atoms with Crippen molar-refractivity contribution in [2.24, 2.45) is 11.7 Å². The van der Waals surface area contributed by atoms with Gasteiger partial charge in [-0.15, -0.1) is 0 Å². The highest BCUT2D eigenvalue weighted by Gasteiger charge is 2.36. The lowest BCUT2D eigenvalue weighted by Crippen LogP contribution is -2.34. The molecule has 2 aromatic rings. The molecule has 2 atom stereocenters. The van der Waals surface area contributed by atoms with Crippen LogP contribution >= 0.6 is 0 Å². The van der Waals surface area contributed by atoms with Crippen LogP contribution in [0, 0.1) is 21.8 Å². The van der Waals surface area contributed by atoms with Gasteiger partial charge in [0.1, 0.15) is 0 Å². The van der Waals surface area contributed by atoms with Gasteiger partial charge < -0.3 is 15.2 Å². The number of fused-ring (bicyclic) bond motifs is 2. The van der Waals surface area contributed by atoms with E-state index in [9.17, 15) is 19.7 Å². The van der Waals surface area contributed by atoms with Crippen molar-refractivity contribution in [1.82, 2.24) is 4.57 Å². The summed E-state index contributed by atoms with van der Waals surface area (Å²) in [6, 6.07) is 3.15. The van der Waals surface area contributed by atoms with Gasteiger partial charge in [0.25, 0.3) is 6.54 Å². The summed E-state index contributed by atoms with van der Waals surface area (Å²) in [7, 11) is 0. The number of ketones is 1. The largest absolute Gasteiger partial charge is 0.364 e. The van der Waals surface area contributed by atoms with Crippen LogP contribution in [0.5, 0.6) is 0 Å². The molecule has 162 valence electrons. The lowest BCUT2D eigenvalue weighted by molar-refractivity contribution is -0.465. The fourth-order valence-corrected chi connectivity index (χ4v) is 4.91. The predicted octanol–water partition coefficient (Wildman–Crippen LogP) is 2.42. The number of pyridine rings is 1. The van der Waals surface area contributed by atoms with Gasteiger partial charge in [0.05, 0.1) is 16.8 Å². The molecule has 0 spiro atoms. The van der Waals surface area contributed by atoms with E-state index >= 15 is 4.39 Å². The average molecular weight is 426 g/mol. The molecule has 1 saturated carbocycles. The minimum Gasteiger partial charge on any atom is -0.364 e. The van der Waals surface area contributed by atoms with E-state index in [0.717, 1.165) is 25.7 Å². The number of allylic oxidation sites excluding steroid dienone is 1. The second kappa shape index (κ2) is 7.26. The first kappa shape index (κ1) is 19.9. The van der Waals surface area contributed by atoms with Crippen LogP contribution in [-0.2, 0) is 0 Å². The third kappa shape index (κ3) is 3.33. The summed E-state index contributed by atoms with van der Waals surface area (Å²) in [5, 5.41) is 10.8. The third-order valence-corrected chi connectivity index (χ3v) is 6.66. The SMILES string of the molecule is N[C@H]1CCC=C2CN(c3ccc4c(=O)c(C(=O)C[N+](=O)[O-])cn(C5CC5)c4c3F)C[C@H]21. The maximum Gasteiger partial charge on any atom is 0.266 e. The van der Waals surface area contributed by atoms with Gasteiger partial charge in [0.2, 0.25) is 11.2 Å². The highest BCUT2D eigenvalue weighted by molar-refractivity contribution is 6.00. The number of nitro groups is 1. The summed E-state index contributed by atoms with van der Waals surface area (Å²) in [6.07, 6.45) is 6.97. The zero-order valence-electron chi connectivity index (χ0n) is 16.9. The lowest BCUT2D eigenvalue weighted by Gasteiger charge is -2.24. The molecule has 2 fully saturated rings. The van der Waals surface area contributed by atoms with Crippen LogP contribution in [0.3, 0.4) is 0 Å². The van der Waals surface area contributed by atoms with Crippen molar-refractivity contribution in [2.75, 3.05) is 24.5 Å². The van der Waals surface area contributed by atoms with Crippen molar-refractivity contribution in [3.05, 3.63) is 61.7 Å². The maximum atomic E-state index is 15.8. The first-order valence-electron chi connectivity index (χ1n) is 10.6. The van der Waals surface area contributed by atoms with E-state index in [4.69, 9.17) is 5.73 Å². The quantitative estimate of drug-likeness (QED) is 0.340. The molecule has 9 heteroatoms. The van der Waals surface area contributed by atoms with Gasteiger partial charge in [-0.1, -0.05) is 6.08 Å². The molecule has 1 aliphatic heterocycles. The summed E-state index contributed by atoms with van der Waals surface area (Å²) in [5.41, 5.74) is 7.16. The molecule has 31 heavy (non-hydrogen) atoms. The van der Waals surface area contributed by atoms with Gasteiger partial charge in [0, 0.05) is 47.6 Å². The van der Waals surface area contributed by atoms with Crippen LogP contribution in [0.15, 0.2) is 34.8 Å². The second-order valence-corrected chi connectivity index (χ2v) is 8.73. The van der Waals surface area contributed by atoms with Gasteiger partial charge in [-0.3, -0.25) is 19.7 Å². The Hall–Kier alpha value is -3.07. The number of anilines is 1. The van der Waals surface area contributed by atoms with E-state index in [-0.39, 0.29) is 34.5 Å². The summed E-state index contributed by atoms with van der Waals surface area (Å²) < 4.78 is 17.4. The van der Waals surface area contributed by atoms with Gasteiger partial charge >= 0.3 is 0 Å². The molecule has 0 amide bonds. The minimum absolute atomic E-state index is 0.0210. The lowest BCUT2D eigenvalue weighted by atomic mass is 9.86. The molecule has 1 saturated heterocycles. The normalized spacial score (nSPS) is 23.0. The van der Waals surface area contributed by atoms with Crippen LogP contribution in [0.2, 0.25) is 0 Å². The molecular formula is C22H23FN4O4. The first-order valence-corrected chi connectivity index (χ1v) is 10.6. The molecule has 2 N–H and O–H groups in total. The van der Waals surface area contributed by atoms with Gasteiger partial charge in [-0.2, -0.15) is 0 Å². The Labute approximate surface area is 177 Å². The summed E-state index contributed by atoms with van der Waals surface area (Å²) in [6.45, 7) is 0.271. The molecule has 5 rings (SSSR count). The zero-order valence-corrected chi connectivity index (χ0v) is 16.9. The van der Waals surface area contributed by atoms with Crippen molar-refractivity contribution in [3.8, 4) is 0 Å². The van der Waals surface area contributed by atoms with Gasteiger partial charge in [0.15, 0.2) is 5.82 Å². The molecule has 0 radical (unpaired) electrons. The highest BCUT2D eigenvalue weighted by Crippen LogP contribution is 2.40. The van der Waals surface area contributed by atoms with Crippen molar-refractivity contribution in [3.63, 3.8) is 0 Å². The molecule has 1 aromatic heterocycles. The van der Waals surface area contributed by atoms with Crippen LogP contribution in [0.4, 0.5) is 10.1 Å². The molecule has 3 aliphatic rings. The van der Waals surface area contributed by atoms with Crippen LogP contribution in [0.25, 0.3) is 10.9 Å². The maximum absolute atomic E-state index is 15.8. The number of benzene rings is 1. The Bertz CT molecular complexity index is 1200. The fourth-order valence-electron chi connectivity index (χ4n) is 4.91. The second-order valence-electron chi connectivity index (χ2n) is 8.73. The van der Waals surface area contributed by atoms with E-state index < -0.39 is 28.5 Å². The topological polar surface area (TPSA) is 111 Å². The Kier molecular flexibility index (Phi) is 4.65. The number of aromatic nitrogens is 1. The number of rotatable bonds is 5. The third-order valence-electron chi connectivity index (χ3n) is 6.66. The zero-order chi connectivity index (χ0) is 21.9. The van der Waals surface area contributed by atoms with E-state index in [1.54, 1.807) is 10.6 Å². The number of carbonyl (C=O) groups excluding carboxylic acids is 1. The van der Waals surface area contributed by atoms with Crippen LogP contribution in [0.1, 0.15) is 42.1 Å². The number of Topliss-reactive ketones (excluding diaryl/α,β-unsaturated/α-hetero) is 1. The molecule has 1 aromatic carbocycles. The number of hydrogen-bond acceptors (Lipinski definition) is 6. The Morgan fingerprint density at radius 3 is 2.74 bits per heavy atom. The summed E-state index contributed by atoms with van der Waals surface area (Å²) >= 11 is 0. The first-order chi connectivity index (χ1) is 14.8. The van der Waals surface area contributed by atoms with Gasteiger partial charge in [-0.05, 0) is 43.4 Å². The van der Waals surface area contributed by atoms with Gasteiger partial charge in [-0.25, -0.2) is 4.39 Å². The van der Waals surface area contributed by atoms with Crippen LogP contribution < -0.4 is 16.1 Å². The molecule has 2 aliphatic carbocycles. The smallest absolute Gasteiger partial charge is 0.266 e. The molecule has 8 nitrogen and oxygen atoms in total. The monoisotopic (exact) mass is 426 g/mol. The molecule has 0 bridgehead atoms. The Morgan fingerprint density at radius 2 is 2.06 bits per heavy atom. The van der Waals surface area contributed by atoms with Crippen molar-refractivity contribution in [1.29, 1.82) is 0 Å². The number of carbonyl (C=O) groups is 1. The number of hydrogen-bond donors (Lipinski definition) is 1. The van der Waals surface area contributed by atoms with Crippen LogP contribution in [-0.4, -0.2) is 40.9 Å².